The molecule has 0 radical (unpaired) electrons. The minimum atomic E-state index is -0.499. The molecular formula is C15H12ClN3O3S. The van der Waals surface area contributed by atoms with E-state index in [4.69, 9.17) is 23.8 Å². The summed E-state index contributed by atoms with van der Waals surface area (Å²) in [5, 5.41) is 16.6. The second-order valence-corrected chi connectivity index (χ2v) is 5.46. The summed E-state index contributed by atoms with van der Waals surface area (Å²) >= 11 is 11.1. The van der Waals surface area contributed by atoms with E-state index in [-0.39, 0.29) is 16.4 Å². The molecule has 0 fully saturated rings. The molecule has 2 aromatic carbocycles. The fourth-order valence-electron chi connectivity index (χ4n) is 1.89. The van der Waals surface area contributed by atoms with E-state index in [9.17, 15) is 14.9 Å². The van der Waals surface area contributed by atoms with Crippen LogP contribution in [0.3, 0.4) is 0 Å². The molecule has 118 valence electrons. The van der Waals surface area contributed by atoms with Crippen LogP contribution in [-0.2, 0) is 0 Å². The van der Waals surface area contributed by atoms with Crippen molar-refractivity contribution in [3.63, 3.8) is 0 Å². The van der Waals surface area contributed by atoms with Crippen LogP contribution in [0.5, 0.6) is 0 Å². The zero-order valence-electron chi connectivity index (χ0n) is 12.0. The number of nitrogens with one attached hydrogen (secondary N) is 2. The summed E-state index contributed by atoms with van der Waals surface area (Å²) in [6.45, 7) is 1.56. The van der Waals surface area contributed by atoms with Gasteiger partial charge in [-0.25, -0.2) is 0 Å². The zero-order chi connectivity index (χ0) is 17.0. The van der Waals surface area contributed by atoms with Gasteiger partial charge in [0.15, 0.2) is 5.11 Å². The SMILES string of the molecule is Cc1cc(C(=O)NC(=S)Nc2ccccc2Cl)ccc1[N+](=O)[O-]. The van der Waals surface area contributed by atoms with Crippen molar-refractivity contribution >= 4 is 46.2 Å². The van der Waals surface area contributed by atoms with Gasteiger partial charge in [-0.1, -0.05) is 23.7 Å². The molecule has 2 aromatic rings. The maximum absolute atomic E-state index is 12.1. The minimum absolute atomic E-state index is 0.0432. The number of carbonyl (C=O) groups excluding carboxylic acids is 1. The van der Waals surface area contributed by atoms with Crippen molar-refractivity contribution in [1.82, 2.24) is 5.32 Å². The van der Waals surface area contributed by atoms with Gasteiger partial charge in [-0.05, 0) is 43.4 Å². The van der Waals surface area contributed by atoms with Crippen LogP contribution in [-0.4, -0.2) is 15.9 Å². The van der Waals surface area contributed by atoms with E-state index < -0.39 is 10.8 Å². The highest BCUT2D eigenvalue weighted by Crippen LogP contribution is 2.21. The molecule has 0 saturated carbocycles. The number of anilines is 1. The van der Waals surface area contributed by atoms with E-state index in [2.05, 4.69) is 10.6 Å². The zero-order valence-corrected chi connectivity index (χ0v) is 13.6. The highest BCUT2D eigenvalue weighted by Gasteiger charge is 2.14. The number of para-hydroxylation sites is 1. The first kappa shape index (κ1) is 16.9. The Balaban J connectivity index is 2.07. The molecule has 23 heavy (non-hydrogen) atoms. The van der Waals surface area contributed by atoms with Crippen molar-refractivity contribution in [1.29, 1.82) is 0 Å². The van der Waals surface area contributed by atoms with Gasteiger partial charge in [0.05, 0.1) is 15.6 Å². The molecule has 0 atom stereocenters. The Hall–Kier alpha value is -2.51. The lowest BCUT2D eigenvalue weighted by Gasteiger charge is -2.11. The van der Waals surface area contributed by atoms with Crippen LogP contribution in [0.25, 0.3) is 0 Å². The second-order valence-electron chi connectivity index (χ2n) is 4.65. The molecule has 0 saturated heterocycles. The second kappa shape index (κ2) is 7.17. The van der Waals surface area contributed by atoms with Gasteiger partial charge in [-0.2, -0.15) is 0 Å². The summed E-state index contributed by atoms with van der Waals surface area (Å²) < 4.78 is 0. The van der Waals surface area contributed by atoms with Crippen LogP contribution < -0.4 is 10.6 Å². The number of nitro groups is 1. The van der Waals surface area contributed by atoms with Crippen molar-refractivity contribution in [3.8, 4) is 0 Å². The number of benzene rings is 2. The number of nitrogens with zero attached hydrogens (tertiary/aromatic N) is 1. The molecule has 1 amide bonds. The summed E-state index contributed by atoms with van der Waals surface area (Å²) in [5.41, 5.74) is 1.20. The quantitative estimate of drug-likeness (QED) is 0.501. The molecule has 0 unspecified atom stereocenters. The van der Waals surface area contributed by atoms with Crippen molar-refractivity contribution in [2.75, 3.05) is 5.32 Å². The smallest absolute Gasteiger partial charge is 0.272 e. The van der Waals surface area contributed by atoms with Crippen molar-refractivity contribution in [2.45, 2.75) is 6.92 Å². The summed E-state index contributed by atoms with van der Waals surface area (Å²) in [6, 6.07) is 11.1. The van der Waals surface area contributed by atoms with Gasteiger partial charge in [0.25, 0.3) is 11.6 Å². The Morgan fingerprint density at radius 3 is 2.57 bits per heavy atom. The highest BCUT2D eigenvalue weighted by molar-refractivity contribution is 7.80. The Bertz CT molecular complexity index is 795. The van der Waals surface area contributed by atoms with Gasteiger partial charge in [-0.3, -0.25) is 20.2 Å². The van der Waals surface area contributed by atoms with Crippen LogP contribution in [0, 0.1) is 17.0 Å². The Morgan fingerprint density at radius 1 is 1.26 bits per heavy atom. The topological polar surface area (TPSA) is 84.3 Å². The molecule has 2 N–H and O–H groups in total. The van der Waals surface area contributed by atoms with E-state index in [1.807, 2.05) is 0 Å². The number of halogens is 1. The van der Waals surface area contributed by atoms with Gasteiger partial charge in [0.2, 0.25) is 0 Å². The Morgan fingerprint density at radius 2 is 1.96 bits per heavy atom. The fraction of sp³-hybridized carbons (Fsp3) is 0.0667. The largest absolute Gasteiger partial charge is 0.331 e. The minimum Gasteiger partial charge on any atom is -0.331 e. The van der Waals surface area contributed by atoms with E-state index in [1.165, 1.54) is 18.2 Å². The lowest BCUT2D eigenvalue weighted by Crippen LogP contribution is -2.34. The van der Waals surface area contributed by atoms with Crippen LogP contribution in [0.15, 0.2) is 42.5 Å². The Labute approximate surface area is 142 Å². The fourth-order valence-corrected chi connectivity index (χ4v) is 2.28. The first-order valence-electron chi connectivity index (χ1n) is 6.50. The van der Waals surface area contributed by atoms with Gasteiger partial charge < -0.3 is 5.32 Å². The summed E-state index contributed by atoms with van der Waals surface area (Å²) in [6.07, 6.45) is 0. The van der Waals surface area contributed by atoms with Crippen LogP contribution in [0.1, 0.15) is 15.9 Å². The monoisotopic (exact) mass is 349 g/mol. The highest BCUT2D eigenvalue weighted by atomic mass is 35.5. The number of amides is 1. The molecule has 0 aliphatic heterocycles. The van der Waals surface area contributed by atoms with Gasteiger partial charge in [-0.15, -0.1) is 0 Å². The van der Waals surface area contributed by atoms with E-state index >= 15 is 0 Å². The normalized spacial score (nSPS) is 10.0. The molecule has 6 nitrogen and oxygen atoms in total. The first-order chi connectivity index (χ1) is 10.9. The van der Waals surface area contributed by atoms with Crippen LogP contribution in [0.4, 0.5) is 11.4 Å². The molecule has 0 aromatic heterocycles. The lowest BCUT2D eigenvalue weighted by atomic mass is 10.1. The summed E-state index contributed by atoms with van der Waals surface area (Å²) in [4.78, 5) is 22.4. The molecule has 0 aliphatic carbocycles. The predicted molar refractivity (Wildman–Crippen MR) is 93.0 cm³/mol. The number of thiocarbonyl (C=S) groups is 1. The van der Waals surface area contributed by atoms with E-state index in [0.717, 1.165) is 0 Å². The van der Waals surface area contributed by atoms with Gasteiger partial charge >= 0.3 is 0 Å². The van der Waals surface area contributed by atoms with Crippen molar-refractivity contribution < 1.29 is 9.72 Å². The summed E-state index contributed by atoms with van der Waals surface area (Å²) in [7, 11) is 0. The maximum Gasteiger partial charge on any atom is 0.272 e. The van der Waals surface area contributed by atoms with Crippen molar-refractivity contribution in [2.24, 2.45) is 0 Å². The third-order valence-corrected chi connectivity index (χ3v) is 3.54. The molecular weight excluding hydrogens is 338 g/mol. The Kier molecular flexibility index (Phi) is 5.25. The average molecular weight is 350 g/mol. The predicted octanol–water partition coefficient (Wildman–Crippen LogP) is 3.68. The van der Waals surface area contributed by atoms with Gasteiger partial charge in [0, 0.05) is 17.2 Å². The third-order valence-electron chi connectivity index (χ3n) is 3.00. The number of aryl methyl sites for hydroxylation is 1. The van der Waals surface area contributed by atoms with Gasteiger partial charge in [0.1, 0.15) is 0 Å². The van der Waals surface area contributed by atoms with E-state index in [1.54, 1.807) is 31.2 Å². The molecule has 0 spiro atoms. The molecule has 2 rings (SSSR count). The molecule has 0 heterocycles. The number of carbonyl (C=O) groups is 1. The first-order valence-corrected chi connectivity index (χ1v) is 7.29. The van der Waals surface area contributed by atoms with Crippen LogP contribution >= 0.6 is 23.8 Å². The maximum atomic E-state index is 12.1. The van der Waals surface area contributed by atoms with E-state index in [0.29, 0.717) is 16.3 Å². The van der Waals surface area contributed by atoms with Crippen LogP contribution in [0.2, 0.25) is 5.02 Å². The molecule has 0 bridgehead atoms. The number of hydrogen-bond donors (Lipinski definition) is 2. The lowest BCUT2D eigenvalue weighted by molar-refractivity contribution is -0.385. The number of rotatable bonds is 3. The standard InChI is InChI=1S/C15H12ClN3O3S/c1-9-8-10(6-7-13(9)19(21)22)14(20)18-15(23)17-12-5-3-2-4-11(12)16/h2-8H,1H3,(H2,17,18,20,23). The number of hydrogen-bond acceptors (Lipinski definition) is 4. The molecule has 8 heteroatoms. The van der Waals surface area contributed by atoms with Crippen molar-refractivity contribution in [3.05, 3.63) is 68.7 Å². The molecule has 0 aliphatic rings. The third kappa shape index (κ3) is 4.24. The summed E-state index contributed by atoms with van der Waals surface area (Å²) in [5.74, 6) is -0.465. The average Bonchev–Trinajstić information content (AvgIpc) is 2.49. The number of nitro benzene ring substituents is 1.